The molecule has 0 aromatic heterocycles. The number of halogens is 1. The van der Waals surface area contributed by atoms with E-state index in [1.807, 2.05) is 25.1 Å². The van der Waals surface area contributed by atoms with Crippen molar-refractivity contribution in [1.29, 1.82) is 0 Å². The predicted molar refractivity (Wildman–Crippen MR) is 116 cm³/mol. The molecular weight excluding hydrogens is 429 g/mol. The summed E-state index contributed by atoms with van der Waals surface area (Å²) in [5.41, 5.74) is 1.22. The number of nitrogens with zero attached hydrogens (tertiary/aromatic N) is 1. The van der Waals surface area contributed by atoms with E-state index in [2.05, 4.69) is 34.7 Å². The summed E-state index contributed by atoms with van der Waals surface area (Å²) in [5, 5.41) is 6.63. The third-order valence-corrected chi connectivity index (χ3v) is 3.69. The van der Waals surface area contributed by atoms with Crippen molar-refractivity contribution in [2.24, 2.45) is 4.99 Å². The Morgan fingerprint density at radius 3 is 2.36 bits per heavy atom. The van der Waals surface area contributed by atoms with Crippen molar-refractivity contribution in [3.8, 4) is 0 Å². The smallest absolute Gasteiger partial charge is 0.190 e. The van der Waals surface area contributed by atoms with Gasteiger partial charge in [0.1, 0.15) is 0 Å². The van der Waals surface area contributed by atoms with Gasteiger partial charge in [0.05, 0.1) is 6.10 Å². The SMILES string of the molecule is CCOCCCCNC(=NC)NCCCOC(C)c1ccccc1.I. The first-order chi connectivity index (χ1) is 11.8. The molecule has 2 N–H and O–H groups in total. The average Bonchev–Trinajstić information content (AvgIpc) is 2.63. The molecule has 1 aromatic carbocycles. The maximum absolute atomic E-state index is 5.87. The zero-order chi connectivity index (χ0) is 17.5. The lowest BCUT2D eigenvalue weighted by atomic mass is 10.1. The fourth-order valence-electron chi connectivity index (χ4n) is 2.26. The molecule has 144 valence electrons. The van der Waals surface area contributed by atoms with Crippen molar-refractivity contribution in [3.63, 3.8) is 0 Å². The van der Waals surface area contributed by atoms with E-state index in [9.17, 15) is 0 Å². The number of aliphatic imine (C=N–C) groups is 1. The molecule has 0 aliphatic carbocycles. The van der Waals surface area contributed by atoms with Gasteiger partial charge in [0.15, 0.2) is 5.96 Å². The van der Waals surface area contributed by atoms with Gasteiger partial charge in [0.2, 0.25) is 0 Å². The molecule has 1 rings (SSSR count). The van der Waals surface area contributed by atoms with Gasteiger partial charge in [-0.3, -0.25) is 4.99 Å². The van der Waals surface area contributed by atoms with E-state index in [1.165, 1.54) is 5.56 Å². The Labute approximate surface area is 170 Å². The van der Waals surface area contributed by atoms with E-state index in [4.69, 9.17) is 9.47 Å². The van der Waals surface area contributed by atoms with Gasteiger partial charge in [-0.2, -0.15) is 0 Å². The Morgan fingerprint density at radius 2 is 1.72 bits per heavy atom. The maximum atomic E-state index is 5.87. The minimum Gasteiger partial charge on any atom is -0.382 e. The second kappa shape index (κ2) is 16.6. The Hall–Kier alpha value is -0.860. The molecule has 1 aromatic rings. The van der Waals surface area contributed by atoms with Gasteiger partial charge >= 0.3 is 0 Å². The number of hydrogen-bond donors (Lipinski definition) is 2. The zero-order valence-electron chi connectivity index (χ0n) is 15.8. The number of nitrogens with one attached hydrogen (secondary N) is 2. The lowest BCUT2D eigenvalue weighted by Gasteiger charge is -2.15. The Morgan fingerprint density at radius 1 is 1.04 bits per heavy atom. The topological polar surface area (TPSA) is 54.9 Å². The number of rotatable bonds is 12. The molecular formula is C19H34IN3O2. The largest absolute Gasteiger partial charge is 0.382 e. The van der Waals surface area contributed by atoms with Gasteiger partial charge in [-0.05, 0) is 38.7 Å². The number of hydrogen-bond acceptors (Lipinski definition) is 3. The van der Waals surface area contributed by atoms with Crippen LogP contribution in [0.2, 0.25) is 0 Å². The molecule has 0 heterocycles. The van der Waals surface area contributed by atoms with Crippen LogP contribution >= 0.6 is 24.0 Å². The summed E-state index contributed by atoms with van der Waals surface area (Å²) in [4.78, 5) is 4.22. The summed E-state index contributed by atoms with van der Waals surface area (Å²) in [7, 11) is 1.80. The number of unbranched alkanes of at least 4 members (excludes halogenated alkanes) is 1. The number of ether oxygens (including phenoxy) is 2. The molecule has 25 heavy (non-hydrogen) atoms. The minimum atomic E-state index is 0. The van der Waals surface area contributed by atoms with E-state index in [0.29, 0.717) is 0 Å². The van der Waals surface area contributed by atoms with Crippen LogP contribution in [0.4, 0.5) is 0 Å². The predicted octanol–water partition coefficient (Wildman–Crippen LogP) is 3.75. The van der Waals surface area contributed by atoms with Crippen LogP contribution in [-0.2, 0) is 9.47 Å². The van der Waals surface area contributed by atoms with Gasteiger partial charge in [0.25, 0.3) is 0 Å². The average molecular weight is 463 g/mol. The van der Waals surface area contributed by atoms with Crippen LogP contribution in [0.25, 0.3) is 0 Å². The van der Waals surface area contributed by atoms with Crippen LogP contribution in [-0.4, -0.2) is 45.9 Å². The highest BCUT2D eigenvalue weighted by Gasteiger charge is 2.04. The Bertz CT molecular complexity index is 444. The van der Waals surface area contributed by atoms with Gasteiger partial charge in [0, 0.05) is 40.0 Å². The molecule has 0 saturated heterocycles. The molecule has 0 amide bonds. The summed E-state index contributed by atoms with van der Waals surface area (Å²) in [6.07, 6.45) is 3.23. The van der Waals surface area contributed by atoms with E-state index >= 15 is 0 Å². The molecule has 6 heteroatoms. The highest BCUT2D eigenvalue weighted by molar-refractivity contribution is 14.0. The van der Waals surface area contributed by atoms with Gasteiger partial charge in [-0.15, -0.1) is 24.0 Å². The van der Waals surface area contributed by atoms with Crippen LogP contribution in [0.5, 0.6) is 0 Å². The van der Waals surface area contributed by atoms with E-state index in [1.54, 1.807) is 7.05 Å². The van der Waals surface area contributed by atoms with Crippen molar-refractivity contribution in [2.75, 3.05) is 40.0 Å². The molecule has 0 saturated carbocycles. The lowest BCUT2D eigenvalue weighted by Crippen LogP contribution is -2.38. The Kier molecular flexibility index (Phi) is 16.0. The summed E-state index contributed by atoms with van der Waals surface area (Å²) >= 11 is 0. The fourth-order valence-corrected chi connectivity index (χ4v) is 2.26. The van der Waals surface area contributed by atoms with Crippen molar-refractivity contribution in [2.45, 2.75) is 39.2 Å². The molecule has 0 spiro atoms. The van der Waals surface area contributed by atoms with Crippen LogP contribution < -0.4 is 10.6 Å². The second-order valence-electron chi connectivity index (χ2n) is 5.61. The molecule has 1 atom stereocenters. The van der Waals surface area contributed by atoms with E-state index in [0.717, 1.165) is 58.1 Å². The standard InChI is InChI=1S/C19H33N3O2.HI/c1-4-23-15-9-8-13-21-19(20-3)22-14-10-16-24-17(2)18-11-6-5-7-12-18;/h5-7,11-12,17H,4,8-10,13-16H2,1-3H3,(H2,20,21,22);1H. The van der Waals surface area contributed by atoms with Crippen LogP contribution in [0.1, 0.15) is 44.8 Å². The molecule has 0 aliphatic rings. The highest BCUT2D eigenvalue weighted by Crippen LogP contribution is 2.15. The van der Waals surface area contributed by atoms with Gasteiger partial charge in [-0.25, -0.2) is 0 Å². The second-order valence-corrected chi connectivity index (χ2v) is 5.61. The molecule has 0 aliphatic heterocycles. The zero-order valence-corrected chi connectivity index (χ0v) is 18.1. The summed E-state index contributed by atoms with van der Waals surface area (Å²) < 4.78 is 11.2. The van der Waals surface area contributed by atoms with Gasteiger partial charge < -0.3 is 20.1 Å². The third-order valence-electron chi connectivity index (χ3n) is 3.69. The lowest BCUT2D eigenvalue weighted by molar-refractivity contribution is 0.0646. The Balaban J connectivity index is 0.00000576. The first-order valence-corrected chi connectivity index (χ1v) is 8.96. The highest BCUT2D eigenvalue weighted by atomic mass is 127. The van der Waals surface area contributed by atoms with Crippen molar-refractivity contribution >= 4 is 29.9 Å². The monoisotopic (exact) mass is 463 g/mol. The van der Waals surface area contributed by atoms with E-state index in [-0.39, 0.29) is 30.1 Å². The molecule has 1 unspecified atom stereocenters. The van der Waals surface area contributed by atoms with Crippen molar-refractivity contribution in [1.82, 2.24) is 10.6 Å². The molecule has 5 nitrogen and oxygen atoms in total. The quantitative estimate of drug-likeness (QED) is 0.215. The normalized spacial score (nSPS) is 12.4. The molecule has 0 radical (unpaired) electrons. The fraction of sp³-hybridized carbons (Fsp3) is 0.632. The van der Waals surface area contributed by atoms with Gasteiger partial charge in [-0.1, -0.05) is 30.3 Å². The number of guanidine groups is 1. The van der Waals surface area contributed by atoms with Crippen LogP contribution in [0.3, 0.4) is 0 Å². The van der Waals surface area contributed by atoms with Crippen molar-refractivity contribution in [3.05, 3.63) is 35.9 Å². The molecule has 0 bridgehead atoms. The third kappa shape index (κ3) is 12.2. The summed E-state index contributed by atoms with van der Waals surface area (Å²) in [6.45, 7) is 8.23. The van der Waals surface area contributed by atoms with Crippen LogP contribution in [0, 0.1) is 0 Å². The van der Waals surface area contributed by atoms with Crippen LogP contribution in [0.15, 0.2) is 35.3 Å². The maximum Gasteiger partial charge on any atom is 0.190 e. The number of benzene rings is 1. The van der Waals surface area contributed by atoms with E-state index < -0.39 is 0 Å². The summed E-state index contributed by atoms with van der Waals surface area (Å²) in [5.74, 6) is 0.850. The first-order valence-electron chi connectivity index (χ1n) is 8.96. The van der Waals surface area contributed by atoms with Crippen molar-refractivity contribution < 1.29 is 9.47 Å². The molecule has 0 fully saturated rings. The minimum absolute atomic E-state index is 0. The first kappa shape index (κ1) is 24.1. The summed E-state index contributed by atoms with van der Waals surface area (Å²) in [6, 6.07) is 10.3.